The summed E-state index contributed by atoms with van der Waals surface area (Å²) in [5.41, 5.74) is 0. The van der Waals surface area contributed by atoms with Gasteiger partial charge in [-0.3, -0.25) is 0 Å². The molecule has 0 aromatic heterocycles. The molecule has 0 bridgehead atoms. The number of hydrogen-bond donors (Lipinski definition) is 0. The van der Waals surface area contributed by atoms with Crippen LogP contribution >= 0.6 is 11.6 Å². The smallest absolute Gasteiger partial charge is 0.207 e. The fourth-order valence-electron chi connectivity index (χ4n) is 1.60. The Labute approximate surface area is 113 Å². The molecule has 18 heavy (non-hydrogen) atoms. The SMILES string of the molecule is CC(C)N(CCC#N)S(=O)(=O)c1ccccc1Cl. The Hall–Kier alpha value is -1.09. The highest BCUT2D eigenvalue weighted by Crippen LogP contribution is 2.25. The average molecular weight is 287 g/mol. The van der Waals surface area contributed by atoms with Gasteiger partial charge in [-0.2, -0.15) is 9.57 Å². The van der Waals surface area contributed by atoms with Gasteiger partial charge in [-0.15, -0.1) is 0 Å². The zero-order valence-corrected chi connectivity index (χ0v) is 11.9. The number of halogens is 1. The maximum atomic E-state index is 12.4. The minimum absolute atomic E-state index is 0.0818. The summed E-state index contributed by atoms with van der Waals surface area (Å²) in [6.45, 7) is 3.71. The van der Waals surface area contributed by atoms with E-state index < -0.39 is 10.0 Å². The van der Waals surface area contributed by atoms with Crippen molar-refractivity contribution in [2.45, 2.75) is 31.2 Å². The summed E-state index contributed by atoms with van der Waals surface area (Å²) in [5, 5.41) is 8.78. The molecule has 0 amide bonds. The second kappa shape index (κ2) is 6.19. The summed E-state index contributed by atoms with van der Waals surface area (Å²) < 4.78 is 26.2. The molecule has 1 aromatic rings. The molecule has 98 valence electrons. The first-order valence-electron chi connectivity index (χ1n) is 5.54. The Balaban J connectivity index is 3.19. The molecule has 0 aliphatic carbocycles. The van der Waals surface area contributed by atoms with Crippen molar-refractivity contribution < 1.29 is 8.42 Å². The second-order valence-electron chi connectivity index (χ2n) is 4.05. The summed E-state index contributed by atoms with van der Waals surface area (Å²) >= 11 is 5.92. The van der Waals surface area contributed by atoms with E-state index in [0.29, 0.717) is 0 Å². The molecule has 0 unspecified atom stereocenters. The quantitative estimate of drug-likeness (QED) is 0.836. The maximum Gasteiger partial charge on any atom is 0.244 e. The van der Waals surface area contributed by atoms with Gasteiger partial charge in [0, 0.05) is 19.0 Å². The first kappa shape index (κ1) is 15.0. The molecule has 1 aromatic carbocycles. The third-order valence-corrected chi connectivity index (χ3v) is 5.02. The van der Waals surface area contributed by atoms with Crippen LogP contribution < -0.4 is 0 Å². The third kappa shape index (κ3) is 3.22. The van der Waals surface area contributed by atoms with Crippen LogP contribution in [0.5, 0.6) is 0 Å². The van der Waals surface area contributed by atoms with E-state index >= 15 is 0 Å². The molecule has 6 heteroatoms. The van der Waals surface area contributed by atoms with Crippen molar-refractivity contribution in [1.29, 1.82) is 5.26 Å². The number of nitrogens with zero attached hydrogens (tertiary/aromatic N) is 2. The van der Waals surface area contributed by atoms with Crippen LogP contribution in [0, 0.1) is 11.3 Å². The molecule has 0 aliphatic heterocycles. The molecule has 4 nitrogen and oxygen atoms in total. The predicted molar refractivity (Wildman–Crippen MR) is 70.7 cm³/mol. The lowest BCUT2D eigenvalue weighted by Crippen LogP contribution is -2.37. The van der Waals surface area contributed by atoms with Crippen molar-refractivity contribution in [2.24, 2.45) is 0 Å². The third-order valence-electron chi connectivity index (χ3n) is 2.44. The highest BCUT2D eigenvalue weighted by molar-refractivity contribution is 7.89. The molecular formula is C12H15ClN2O2S. The second-order valence-corrected chi connectivity index (χ2v) is 6.31. The fourth-order valence-corrected chi connectivity index (χ4v) is 3.73. The van der Waals surface area contributed by atoms with E-state index in [9.17, 15) is 8.42 Å². The number of benzene rings is 1. The van der Waals surface area contributed by atoms with Crippen molar-refractivity contribution >= 4 is 21.6 Å². The van der Waals surface area contributed by atoms with E-state index in [2.05, 4.69) is 0 Å². The van der Waals surface area contributed by atoms with E-state index in [1.165, 1.54) is 16.4 Å². The van der Waals surface area contributed by atoms with E-state index in [1.807, 2.05) is 6.07 Å². The molecule has 0 radical (unpaired) electrons. The standard InChI is InChI=1S/C12H15ClN2O2S/c1-10(2)15(9-5-8-14)18(16,17)12-7-4-3-6-11(12)13/h3-4,6-7,10H,5,9H2,1-2H3. The molecular weight excluding hydrogens is 272 g/mol. The molecule has 0 saturated heterocycles. The van der Waals surface area contributed by atoms with Gasteiger partial charge < -0.3 is 0 Å². The highest BCUT2D eigenvalue weighted by Gasteiger charge is 2.28. The number of hydrogen-bond acceptors (Lipinski definition) is 3. The summed E-state index contributed by atoms with van der Waals surface area (Å²) in [4.78, 5) is 0.0818. The molecule has 0 saturated carbocycles. The lowest BCUT2D eigenvalue weighted by atomic mass is 10.3. The normalized spacial score (nSPS) is 11.8. The van der Waals surface area contributed by atoms with E-state index in [-0.39, 0.29) is 28.9 Å². The van der Waals surface area contributed by atoms with Gasteiger partial charge >= 0.3 is 0 Å². The summed E-state index contributed by atoms with van der Waals surface area (Å²) in [7, 11) is -3.65. The van der Waals surface area contributed by atoms with E-state index in [0.717, 1.165) is 0 Å². The Morgan fingerprint density at radius 2 is 2.00 bits per heavy atom. The van der Waals surface area contributed by atoms with Crippen LogP contribution in [0.15, 0.2) is 29.2 Å². The van der Waals surface area contributed by atoms with Crippen LogP contribution in [0.25, 0.3) is 0 Å². The Bertz CT molecular complexity index is 549. The first-order valence-corrected chi connectivity index (χ1v) is 7.36. The van der Waals surface area contributed by atoms with E-state index in [1.54, 1.807) is 26.0 Å². The Kier molecular flexibility index (Phi) is 5.15. The van der Waals surface area contributed by atoms with Gasteiger partial charge in [0.1, 0.15) is 4.90 Å². The molecule has 0 N–H and O–H groups in total. The lowest BCUT2D eigenvalue weighted by Gasteiger charge is -2.25. The lowest BCUT2D eigenvalue weighted by molar-refractivity contribution is 0.360. The molecule has 1 rings (SSSR count). The molecule has 0 spiro atoms. The van der Waals surface area contributed by atoms with Gasteiger partial charge in [-0.1, -0.05) is 23.7 Å². The van der Waals surface area contributed by atoms with Gasteiger partial charge in [-0.25, -0.2) is 8.42 Å². The summed E-state index contributed by atoms with van der Waals surface area (Å²) in [5.74, 6) is 0. The van der Waals surface area contributed by atoms with Crippen LogP contribution in [0.4, 0.5) is 0 Å². The fraction of sp³-hybridized carbons (Fsp3) is 0.417. The molecule has 0 atom stereocenters. The van der Waals surface area contributed by atoms with Crippen molar-refractivity contribution in [3.05, 3.63) is 29.3 Å². The summed E-state index contributed by atoms with van der Waals surface area (Å²) in [6.07, 6.45) is 0.155. The summed E-state index contributed by atoms with van der Waals surface area (Å²) in [6, 6.07) is 8.04. The molecule has 0 aliphatic rings. The Morgan fingerprint density at radius 1 is 1.39 bits per heavy atom. The van der Waals surface area contributed by atoms with Crippen molar-refractivity contribution in [1.82, 2.24) is 4.31 Å². The highest BCUT2D eigenvalue weighted by atomic mass is 35.5. The van der Waals surface area contributed by atoms with Crippen LogP contribution in [-0.2, 0) is 10.0 Å². The zero-order chi connectivity index (χ0) is 13.8. The van der Waals surface area contributed by atoms with Crippen molar-refractivity contribution in [3.8, 4) is 6.07 Å². The predicted octanol–water partition coefficient (Wildman–Crippen LogP) is 2.65. The monoisotopic (exact) mass is 286 g/mol. The van der Waals surface area contributed by atoms with Crippen LogP contribution in [0.1, 0.15) is 20.3 Å². The van der Waals surface area contributed by atoms with E-state index in [4.69, 9.17) is 16.9 Å². The molecule has 0 fully saturated rings. The van der Waals surface area contributed by atoms with Gasteiger partial charge in [0.05, 0.1) is 11.1 Å². The minimum atomic E-state index is -3.65. The van der Waals surface area contributed by atoms with Gasteiger partial charge in [0.15, 0.2) is 0 Å². The van der Waals surface area contributed by atoms with Gasteiger partial charge in [0.25, 0.3) is 0 Å². The van der Waals surface area contributed by atoms with Gasteiger partial charge in [-0.05, 0) is 26.0 Å². The van der Waals surface area contributed by atoms with Gasteiger partial charge in [0.2, 0.25) is 10.0 Å². The Morgan fingerprint density at radius 3 is 2.50 bits per heavy atom. The van der Waals surface area contributed by atoms with Crippen molar-refractivity contribution in [3.63, 3.8) is 0 Å². The van der Waals surface area contributed by atoms with Crippen LogP contribution in [0.3, 0.4) is 0 Å². The average Bonchev–Trinajstić information content (AvgIpc) is 2.29. The zero-order valence-electron chi connectivity index (χ0n) is 10.3. The molecule has 0 heterocycles. The maximum absolute atomic E-state index is 12.4. The first-order chi connectivity index (χ1) is 8.41. The number of rotatable bonds is 5. The van der Waals surface area contributed by atoms with Crippen LogP contribution in [-0.4, -0.2) is 25.3 Å². The number of sulfonamides is 1. The van der Waals surface area contributed by atoms with Crippen LogP contribution in [0.2, 0.25) is 5.02 Å². The van der Waals surface area contributed by atoms with Crippen molar-refractivity contribution in [2.75, 3.05) is 6.54 Å². The largest absolute Gasteiger partial charge is 0.244 e. The minimum Gasteiger partial charge on any atom is -0.207 e. The topological polar surface area (TPSA) is 61.2 Å². The number of nitriles is 1.